The van der Waals surface area contributed by atoms with Gasteiger partial charge in [0.15, 0.2) is 5.43 Å². The average molecular weight is 452 g/mol. The third-order valence-electron chi connectivity index (χ3n) is 5.35. The predicted molar refractivity (Wildman–Crippen MR) is 132 cm³/mol. The standard InChI is InChI=1S/C21H27N5OS.ClH.H2O/c1-3-25(4-2)11-12-26-17-8-7-16(23-10-9-22)21-19(17)20(24-26)15-6-5-14(27)13-18(15)28-21;;/h5-8,13,23-24H,3-4,9-12,22H2,1-2H3;1H;1H2. The van der Waals surface area contributed by atoms with Crippen LogP contribution in [0, 0.1) is 0 Å². The van der Waals surface area contributed by atoms with Gasteiger partial charge in [-0.15, -0.1) is 23.7 Å². The van der Waals surface area contributed by atoms with Crippen molar-refractivity contribution >= 4 is 60.6 Å². The second-order valence-electron chi connectivity index (χ2n) is 6.98. The van der Waals surface area contributed by atoms with Gasteiger partial charge in [-0.1, -0.05) is 13.8 Å². The first-order valence-corrected chi connectivity index (χ1v) is 10.7. The highest BCUT2D eigenvalue weighted by Gasteiger charge is 2.16. The Morgan fingerprint density at radius 3 is 2.67 bits per heavy atom. The molecule has 0 fully saturated rings. The molecule has 0 saturated carbocycles. The SMILES string of the molecule is CCN(CC)CCn1[nH]c2c3ccc(=O)cc3sc3c(NCCN)ccc1c32.Cl.O. The number of anilines is 1. The molecular formula is C21H30ClN5O2S. The van der Waals surface area contributed by atoms with E-state index in [0.717, 1.165) is 58.7 Å². The largest absolute Gasteiger partial charge is 0.412 e. The zero-order chi connectivity index (χ0) is 19.7. The van der Waals surface area contributed by atoms with Gasteiger partial charge in [0, 0.05) is 41.2 Å². The van der Waals surface area contributed by atoms with Gasteiger partial charge in [0.1, 0.15) is 0 Å². The molecule has 2 heterocycles. The average Bonchev–Trinajstić information content (AvgIpc) is 3.08. The normalized spacial score (nSPS) is 11.2. The number of fused-ring (bicyclic) bond motifs is 2. The fraction of sp³-hybridized carbons (Fsp3) is 0.381. The lowest BCUT2D eigenvalue weighted by Gasteiger charge is -2.18. The summed E-state index contributed by atoms with van der Waals surface area (Å²) in [6.45, 7) is 9.67. The van der Waals surface area contributed by atoms with E-state index in [9.17, 15) is 4.79 Å². The van der Waals surface area contributed by atoms with Crippen molar-refractivity contribution in [3.05, 3.63) is 40.6 Å². The molecule has 9 heteroatoms. The number of aromatic amines is 1. The van der Waals surface area contributed by atoms with Gasteiger partial charge in [-0.3, -0.25) is 14.6 Å². The molecule has 6 N–H and O–H groups in total. The summed E-state index contributed by atoms with van der Waals surface area (Å²) in [6.07, 6.45) is 0. The molecule has 0 unspecified atom stereocenters. The van der Waals surface area contributed by atoms with Crippen LogP contribution in [-0.4, -0.2) is 52.9 Å². The number of aromatic nitrogens is 2. The second kappa shape index (κ2) is 10.3. The maximum absolute atomic E-state index is 11.9. The fourth-order valence-electron chi connectivity index (χ4n) is 3.80. The number of rotatable bonds is 8. The minimum absolute atomic E-state index is 0. The fourth-order valence-corrected chi connectivity index (χ4v) is 5.03. The Balaban J connectivity index is 0.00000160. The van der Waals surface area contributed by atoms with Gasteiger partial charge in [-0.05, 0) is 37.4 Å². The number of benzene rings is 2. The van der Waals surface area contributed by atoms with E-state index in [1.807, 2.05) is 6.07 Å². The lowest BCUT2D eigenvalue weighted by atomic mass is 10.1. The molecule has 4 aromatic rings. The van der Waals surface area contributed by atoms with E-state index in [4.69, 9.17) is 5.73 Å². The minimum Gasteiger partial charge on any atom is -0.412 e. The van der Waals surface area contributed by atoms with Crippen molar-refractivity contribution in [2.75, 3.05) is 38.0 Å². The van der Waals surface area contributed by atoms with Crippen molar-refractivity contribution in [1.29, 1.82) is 0 Å². The first kappa shape index (κ1) is 24.2. The van der Waals surface area contributed by atoms with Crippen molar-refractivity contribution in [3.8, 4) is 0 Å². The molecule has 2 aromatic carbocycles. The maximum Gasteiger partial charge on any atom is 0.180 e. The van der Waals surface area contributed by atoms with Crippen LogP contribution in [0.2, 0.25) is 0 Å². The third kappa shape index (κ3) is 4.33. The summed E-state index contributed by atoms with van der Waals surface area (Å²) in [7, 11) is 0. The van der Waals surface area contributed by atoms with E-state index < -0.39 is 0 Å². The highest BCUT2D eigenvalue weighted by atomic mass is 35.5. The van der Waals surface area contributed by atoms with Gasteiger partial charge < -0.3 is 21.4 Å². The first-order valence-electron chi connectivity index (χ1n) is 9.90. The van der Waals surface area contributed by atoms with Crippen LogP contribution in [-0.2, 0) is 6.54 Å². The van der Waals surface area contributed by atoms with E-state index in [-0.39, 0.29) is 23.3 Å². The number of nitrogens with zero attached hydrogens (tertiary/aromatic N) is 2. The van der Waals surface area contributed by atoms with E-state index in [0.29, 0.717) is 6.54 Å². The highest BCUT2D eigenvalue weighted by Crippen LogP contribution is 2.40. The van der Waals surface area contributed by atoms with Crippen molar-refractivity contribution in [2.45, 2.75) is 20.4 Å². The summed E-state index contributed by atoms with van der Waals surface area (Å²) < 4.78 is 4.40. The van der Waals surface area contributed by atoms with Crippen molar-refractivity contribution in [3.63, 3.8) is 0 Å². The Labute approximate surface area is 185 Å². The number of hydrogen-bond donors (Lipinski definition) is 3. The summed E-state index contributed by atoms with van der Waals surface area (Å²) in [4.78, 5) is 14.4. The third-order valence-corrected chi connectivity index (χ3v) is 6.54. The molecule has 0 amide bonds. The topological polar surface area (TPSA) is 111 Å². The molecule has 0 spiro atoms. The molecule has 0 aliphatic heterocycles. The quantitative estimate of drug-likeness (QED) is 0.357. The first-order chi connectivity index (χ1) is 13.7. The van der Waals surface area contributed by atoms with Crippen LogP contribution in [0.15, 0.2) is 35.1 Å². The lowest BCUT2D eigenvalue weighted by molar-refractivity contribution is 0.287. The van der Waals surface area contributed by atoms with E-state index >= 15 is 0 Å². The highest BCUT2D eigenvalue weighted by molar-refractivity contribution is 7.25. The predicted octanol–water partition coefficient (Wildman–Crippen LogP) is 3.01. The van der Waals surface area contributed by atoms with Crippen LogP contribution in [0.5, 0.6) is 0 Å². The summed E-state index contributed by atoms with van der Waals surface area (Å²) in [6, 6.07) is 9.61. The molecule has 0 aliphatic carbocycles. The molecule has 30 heavy (non-hydrogen) atoms. The zero-order valence-electron chi connectivity index (χ0n) is 17.3. The van der Waals surface area contributed by atoms with Crippen LogP contribution in [0.1, 0.15) is 13.8 Å². The van der Waals surface area contributed by atoms with Gasteiger partial charge in [-0.25, -0.2) is 0 Å². The van der Waals surface area contributed by atoms with Crippen LogP contribution < -0.4 is 16.5 Å². The molecule has 0 atom stereocenters. The molecule has 2 aromatic heterocycles. The summed E-state index contributed by atoms with van der Waals surface area (Å²) in [5, 5.41) is 9.37. The number of halogens is 1. The molecule has 164 valence electrons. The number of nitrogens with one attached hydrogen (secondary N) is 2. The Morgan fingerprint density at radius 2 is 1.97 bits per heavy atom. The maximum atomic E-state index is 11.9. The molecule has 0 saturated heterocycles. The monoisotopic (exact) mass is 451 g/mol. The Morgan fingerprint density at radius 1 is 1.20 bits per heavy atom. The smallest absolute Gasteiger partial charge is 0.180 e. The molecule has 7 nitrogen and oxygen atoms in total. The molecule has 4 rings (SSSR count). The van der Waals surface area contributed by atoms with Crippen LogP contribution in [0.25, 0.3) is 31.2 Å². The zero-order valence-corrected chi connectivity index (χ0v) is 19.0. The van der Waals surface area contributed by atoms with Crippen molar-refractivity contribution in [1.82, 2.24) is 14.7 Å². The molecule has 0 radical (unpaired) electrons. The lowest BCUT2D eigenvalue weighted by Crippen LogP contribution is -2.27. The van der Waals surface area contributed by atoms with Gasteiger partial charge in [-0.2, -0.15) is 0 Å². The minimum atomic E-state index is 0. The van der Waals surface area contributed by atoms with Gasteiger partial charge in [0.05, 0.1) is 28.0 Å². The van der Waals surface area contributed by atoms with Crippen LogP contribution in [0.3, 0.4) is 0 Å². The van der Waals surface area contributed by atoms with Crippen LogP contribution in [0.4, 0.5) is 5.69 Å². The van der Waals surface area contributed by atoms with Gasteiger partial charge in [0.2, 0.25) is 0 Å². The Kier molecular flexibility index (Phi) is 8.28. The van der Waals surface area contributed by atoms with E-state index in [1.54, 1.807) is 23.5 Å². The molecule has 0 bridgehead atoms. The van der Waals surface area contributed by atoms with E-state index in [1.165, 1.54) is 10.9 Å². The summed E-state index contributed by atoms with van der Waals surface area (Å²) >= 11 is 1.67. The van der Waals surface area contributed by atoms with E-state index in [2.05, 4.69) is 46.0 Å². The second-order valence-corrected chi connectivity index (χ2v) is 8.03. The number of nitrogens with two attached hydrogens (primary N) is 1. The number of likely N-dealkylation sites (N-methyl/N-ethyl adjacent to an activating group) is 1. The van der Waals surface area contributed by atoms with Gasteiger partial charge in [0.25, 0.3) is 0 Å². The van der Waals surface area contributed by atoms with Gasteiger partial charge >= 0.3 is 0 Å². The molecular weight excluding hydrogens is 422 g/mol. The number of H-pyrrole nitrogens is 1. The molecule has 0 aliphatic rings. The number of hydrogen-bond acceptors (Lipinski definition) is 5. The summed E-state index contributed by atoms with van der Waals surface area (Å²) in [5.74, 6) is 0. The Hall–Kier alpha value is -2.10. The van der Waals surface area contributed by atoms with Crippen LogP contribution >= 0.6 is 23.7 Å². The van der Waals surface area contributed by atoms with Crippen molar-refractivity contribution < 1.29 is 5.48 Å². The Bertz CT molecular complexity index is 1180. The van der Waals surface area contributed by atoms with Crippen molar-refractivity contribution in [2.24, 2.45) is 5.73 Å². The summed E-state index contributed by atoms with van der Waals surface area (Å²) in [5.41, 5.74) is 9.09.